The Bertz CT molecular complexity index is 1030. The molecule has 0 saturated heterocycles. The summed E-state index contributed by atoms with van der Waals surface area (Å²) in [6.45, 7) is 1.66. The molecule has 4 rings (SSSR count). The lowest BCUT2D eigenvalue weighted by Crippen LogP contribution is -2.17. The number of hydrogen-bond donors (Lipinski definition) is 0. The molecule has 0 N–H and O–H groups in total. The maximum Gasteiger partial charge on any atom is 0.435 e. The second-order valence-corrected chi connectivity index (χ2v) is 5.62. The highest BCUT2D eigenvalue weighted by molar-refractivity contribution is 6.41. The van der Waals surface area contributed by atoms with E-state index in [-0.39, 0.29) is 18.0 Å². The minimum Gasteiger partial charge on any atom is -0.292 e. The fourth-order valence-corrected chi connectivity index (χ4v) is 2.73. The molecule has 25 heavy (non-hydrogen) atoms. The zero-order valence-corrected chi connectivity index (χ0v) is 12.9. The molecule has 0 saturated carbocycles. The molecule has 0 fully saturated rings. The summed E-state index contributed by atoms with van der Waals surface area (Å²) in [5.41, 5.74) is 1.95. The average Bonchev–Trinajstić information content (AvgIpc) is 3.00. The maximum atomic E-state index is 12.6. The molecule has 0 atom stereocenters. The van der Waals surface area contributed by atoms with Gasteiger partial charge in [-0.05, 0) is 31.2 Å². The lowest BCUT2D eigenvalue weighted by molar-refractivity contribution is -0.141. The zero-order valence-electron chi connectivity index (χ0n) is 12.9. The van der Waals surface area contributed by atoms with Crippen molar-refractivity contribution in [2.24, 2.45) is 4.99 Å². The lowest BCUT2D eigenvalue weighted by atomic mass is 9.99. The van der Waals surface area contributed by atoms with E-state index in [2.05, 4.69) is 20.2 Å². The van der Waals surface area contributed by atoms with Crippen LogP contribution in [0.2, 0.25) is 0 Å². The second-order valence-electron chi connectivity index (χ2n) is 5.62. The van der Waals surface area contributed by atoms with Gasteiger partial charge in [-0.25, -0.2) is 9.98 Å². The van der Waals surface area contributed by atoms with Crippen LogP contribution in [0.5, 0.6) is 0 Å². The highest BCUT2D eigenvalue weighted by Crippen LogP contribution is 2.32. The average molecular weight is 345 g/mol. The number of fused-ring (bicyclic) bond motifs is 3. The number of ketones is 1. The molecule has 0 spiro atoms. The number of aliphatic imine (C=N–C) groups is 1. The maximum absolute atomic E-state index is 12.6. The topological polar surface area (TPSA) is 73.0 Å². The molecule has 126 valence electrons. The molecule has 0 radical (unpaired) electrons. The van der Waals surface area contributed by atoms with Crippen LogP contribution in [0.3, 0.4) is 0 Å². The van der Waals surface area contributed by atoms with Crippen LogP contribution in [-0.4, -0.2) is 31.2 Å². The fraction of sp³-hybridized carbons (Fsp3) is 0.188. The van der Waals surface area contributed by atoms with E-state index in [1.165, 1.54) is 17.0 Å². The minimum absolute atomic E-state index is 0.0797. The van der Waals surface area contributed by atoms with E-state index in [0.717, 1.165) is 6.07 Å². The van der Waals surface area contributed by atoms with E-state index >= 15 is 0 Å². The van der Waals surface area contributed by atoms with E-state index in [4.69, 9.17) is 0 Å². The predicted molar refractivity (Wildman–Crippen MR) is 83.1 cm³/mol. The van der Waals surface area contributed by atoms with Crippen LogP contribution in [-0.2, 0) is 17.4 Å². The third-order valence-corrected chi connectivity index (χ3v) is 4.02. The number of benzene rings is 1. The Hall–Kier alpha value is -3.10. The Morgan fingerprint density at radius 1 is 1.12 bits per heavy atom. The van der Waals surface area contributed by atoms with Crippen LogP contribution < -0.4 is 0 Å². The normalized spacial score (nSPS) is 14.6. The summed E-state index contributed by atoms with van der Waals surface area (Å²) < 4.78 is 39.3. The van der Waals surface area contributed by atoms with Crippen molar-refractivity contribution >= 4 is 28.2 Å². The molecule has 9 heteroatoms. The fourth-order valence-electron chi connectivity index (χ4n) is 2.73. The SMILES string of the molecule is CC1=Nc2ccc3c(ncn3-c3ccc(C(F)(F)F)nn3)c2CC1=O. The highest BCUT2D eigenvalue weighted by atomic mass is 19.4. The molecule has 6 nitrogen and oxygen atoms in total. The van der Waals surface area contributed by atoms with Gasteiger partial charge < -0.3 is 0 Å². The summed E-state index contributed by atoms with van der Waals surface area (Å²) in [6, 6.07) is 5.59. The summed E-state index contributed by atoms with van der Waals surface area (Å²) in [7, 11) is 0. The first-order valence-electron chi connectivity index (χ1n) is 7.33. The van der Waals surface area contributed by atoms with Gasteiger partial charge in [0.15, 0.2) is 17.3 Å². The molecule has 0 aliphatic carbocycles. The molecule has 2 aromatic heterocycles. The Morgan fingerprint density at radius 3 is 2.60 bits per heavy atom. The van der Waals surface area contributed by atoms with E-state index in [1.54, 1.807) is 19.1 Å². The first-order valence-corrected chi connectivity index (χ1v) is 7.33. The van der Waals surface area contributed by atoms with Gasteiger partial charge >= 0.3 is 6.18 Å². The number of hydrogen-bond acceptors (Lipinski definition) is 5. The van der Waals surface area contributed by atoms with Crippen molar-refractivity contribution in [2.75, 3.05) is 0 Å². The standard InChI is InChI=1S/C16H10F3N5O/c1-8-12(25)6-9-10(21-8)2-3-11-15(9)20-7-24(11)14-5-4-13(22-23-14)16(17,18)19/h2-5,7H,6H2,1H3. The van der Waals surface area contributed by atoms with Crippen LogP contribution in [0.15, 0.2) is 35.6 Å². The van der Waals surface area contributed by atoms with E-state index < -0.39 is 11.9 Å². The first kappa shape index (κ1) is 15.4. The zero-order chi connectivity index (χ0) is 17.8. The van der Waals surface area contributed by atoms with Crippen LogP contribution in [0.4, 0.5) is 18.9 Å². The quantitative estimate of drug-likeness (QED) is 0.679. The number of halogens is 3. The van der Waals surface area contributed by atoms with E-state index in [1.807, 2.05) is 0 Å². The number of imidazole rings is 1. The number of Topliss-reactive ketones (excluding diaryl/α,β-unsaturated/α-hetero) is 1. The van der Waals surface area contributed by atoms with Crippen molar-refractivity contribution in [3.63, 3.8) is 0 Å². The van der Waals surface area contributed by atoms with Crippen LogP contribution in [0.25, 0.3) is 16.9 Å². The van der Waals surface area contributed by atoms with Crippen LogP contribution in [0, 0.1) is 0 Å². The summed E-state index contributed by atoms with van der Waals surface area (Å²) in [4.78, 5) is 20.5. The third-order valence-electron chi connectivity index (χ3n) is 4.02. The summed E-state index contributed by atoms with van der Waals surface area (Å²) >= 11 is 0. The third kappa shape index (κ3) is 2.48. The van der Waals surface area contributed by atoms with Gasteiger partial charge in [0.05, 0.1) is 22.4 Å². The summed E-state index contributed by atoms with van der Waals surface area (Å²) in [5, 5.41) is 6.86. The van der Waals surface area contributed by atoms with Gasteiger partial charge in [-0.3, -0.25) is 9.36 Å². The monoisotopic (exact) mass is 345 g/mol. The van der Waals surface area contributed by atoms with Gasteiger partial charge in [0.25, 0.3) is 0 Å². The van der Waals surface area contributed by atoms with Gasteiger partial charge in [-0.2, -0.15) is 13.2 Å². The number of nitrogens with zero attached hydrogens (tertiary/aromatic N) is 5. The Kier molecular flexibility index (Phi) is 3.21. The Labute approximate surface area is 139 Å². The number of carbonyl (C=O) groups is 1. The summed E-state index contributed by atoms with van der Waals surface area (Å²) in [5.74, 6) is 0.126. The molecule has 0 unspecified atom stereocenters. The molecule has 1 aliphatic rings. The molecular formula is C16H10F3N5O. The molecule has 1 aliphatic heterocycles. The molecule has 3 heterocycles. The van der Waals surface area contributed by atoms with E-state index in [9.17, 15) is 18.0 Å². The van der Waals surface area contributed by atoms with E-state index in [0.29, 0.717) is 28.0 Å². The lowest BCUT2D eigenvalue weighted by Gasteiger charge is -2.13. The van der Waals surface area contributed by atoms with Gasteiger partial charge in [-0.1, -0.05) is 0 Å². The number of aromatic nitrogens is 4. The van der Waals surface area contributed by atoms with Gasteiger partial charge in [0.2, 0.25) is 0 Å². The number of alkyl halides is 3. The molecule has 1 aromatic carbocycles. The molecular weight excluding hydrogens is 335 g/mol. The van der Waals surface area contributed by atoms with Crippen LogP contribution in [0.1, 0.15) is 18.2 Å². The number of carbonyl (C=O) groups excluding carboxylic acids is 1. The van der Waals surface area contributed by atoms with Crippen molar-refractivity contribution in [1.29, 1.82) is 0 Å². The molecule has 0 amide bonds. The minimum atomic E-state index is -4.54. The largest absolute Gasteiger partial charge is 0.435 e. The predicted octanol–water partition coefficient (Wildman–Crippen LogP) is 3.05. The Balaban J connectivity index is 1.83. The Morgan fingerprint density at radius 2 is 1.92 bits per heavy atom. The van der Waals surface area contributed by atoms with Gasteiger partial charge in [-0.15, -0.1) is 10.2 Å². The van der Waals surface area contributed by atoms with Crippen LogP contribution >= 0.6 is 0 Å². The van der Waals surface area contributed by atoms with Crippen molar-refractivity contribution in [3.05, 3.63) is 41.9 Å². The van der Waals surface area contributed by atoms with Crippen molar-refractivity contribution in [2.45, 2.75) is 19.5 Å². The van der Waals surface area contributed by atoms with Crippen molar-refractivity contribution in [3.8, 4) is 5.82 Å². The van der Waals surface area contributed by atoms with Crippen molar-refractivity contribution in [1.82, 2.24) is 19.7 Å². The van der Waals surface area contributed by atoms with Gasteiger partial charge in [0, 0.05) is 12.0 Å². The van der Waals surface area contributed by atoms with Crippen molar-refractivity contribution < 1.29 is 18.0 Å². The smallest absolute Gasteiger partial charge is 0.292 e. The summed E-state index contributed by atoms with van der Waals surface area (Å²) in [6.07, 6.45) is -2.91. The highest BCUT2D eigenvalue weighted by Gasteiger charge is 2.33. The van der Waals surface area contributed by atoms with Gasteiger partial charge in [0.1, 0.15) is 6.33 Å². The second kappa shape index (κ2) is 5.20. The number of rotatable bonds is 1. The molecule has 0 bridgehead atoms. The molecule has 3 aromatic rings. The first-order chi connectivity index (χ1) is 11.8.